The summed E-state index contributed by atoms with van der Waals surface area (Å²) in [5.41, 5.74) is 0.0156. The molecule has 0 saturated heterocycles. The van der Waals surface area contributed by atoms with Crippen molar-refractivity contribution in [3.05, 3.63) is 0 Å². The van der Waals surface area contributed by atoms with E-state index < -0.39 is 5.60 Å². The van der Waals surface area contributed by atoms with E-state index in [0.717, 1.165) is 5.92 Å². The highest BCUT2D eigenvalue weighted by Gasteiger charge is 2.59. The van der Waals surface area contributed by atoms with Crippen molar-refractivity contribution in [1.82, 2.24) is 5.32 Å². The van der Waals surface area contributed by atoms with Crippen molar-refractivity contribution in [3.8, 4) is 0 Å². The molecule has 0 aromatic rings. The third-order valence-electron chi connectivity index (χ3n) is 4.93. The molecule has 2 bridgehead atoms. The van der Waals surface area contributed by atoms with Crippen LogP contribution in [0.3, 0.4) is 0 Å². The standard InChI is InChI=1S/C15H27NO2/c1-13(2,3)18-12(17)16-11-14(4,5)10-7-8-15(11,6)9-10/h10-11H,7-9H2,1-6H3,(H,16,17). The molecular formula is C15H27NO2. The van der Waals surface area contributed by atoms with Crippen LogP contribution in [0.5, 0.6) is 0 Å². The minimum absolute atomic E-state index is 0.184. The molecule has 18 heavy (non-hydrogen) atoms. The molecule has 2 aliphatic carbocycles. The van der Waals surface area contributed by atoms with Gasteiger partial charge in [-0.05, 0) is 56.8 Å². The minimum Gasteiger partial charge on any atom is -0.444 e. The van der Waals surface area contributed by atoms with Crippen LogP contribution in [0, 0.1) is 16.7 Å². The lowest BCUT2D eigenvalue weighted by molar-refractivity contribution is 0.0340. The average Bonchev–Trinajstić information content (AvgIpc) is 2.61. The number of fused-ring (bicyclic) bond motifs is 2. The molecular weight excluding hydrogens is 226 g/mol. The van der Waals surface area contributed by atoms with Gasteiger partial charge in [0.1, 0.15) is 5.60 Å². The third kappa shape index (κ3) is 2.24. The van der Waals surface area contributed by atoms with Crippen molar-refractivity contribution in [2.24, 2.45) is 16.7 Å². The fraction of sp³-hybridized carbons (Fsp3) is 0.933. The lowest BCUT2D eigenvalue weighted by atomic mass is 9.68. The number of carbonyl (C=O) groups excluding carboxylic acids is 1. The molecule has 2 fully saturated rings. The number of ether oxygens (including phenoxy) is 1. The number of hydrogen-bond donors (Lipinski definition) is 1. The maximum Gasteiger partial charge on any atom is 0.407 e. The molecule has 3 unspecified atom stereocenters. The van der Waals surface area contributed by atoms with Crippen LogP contribution in [0.1, 0.15) is 60.8 Å². The molecule has 2 saturated carbocycles. The van der Waals surface area contributed by atoms with Crippen LogP contribution in [0.4, 0.5) is 4.79 Å². The third-order valence-corrected chi connectivity index (χ3v) is 4.93. The van der Waals surface area contributed by atoms with Crippen LogP contribution in [-0.2, 0) is 4.74 Å². The van der Waals surface area contributed by atoms with Gasteiger partial charge in [0.2, 0.25) is 0 Å². The van der Waals surface area contributed by atoms with Gasteiger partial charge in [0.25, 0.3) is 0 Å². The molecule has 0 aromatic carbocycles. The van der Waals surface area contributed by atoms with E-state index in [1.165, 1.54) is 19.3 Å². The van der Waals surface area contributed by atoms with Crippen molar-refractivity contribution < 1.29 is 9.53 Å². The number of hydrogen-bond acceptors (Lipinski definition) is 2. The summed E-state index contributed by atoms with van der Waals surface area (Å²) in [7, 11) is 0. The van der Waals surface area contributed by atoms with E-state index in [-0.39, 0.29) is 23.0 Å². The molecule has 3 atom stereocenters. The van der Waals surface area contributed by atoms with Gasteiger partial charge in [-0.3, -0.25) is 0 Å². The number of rotatable bonds is 1. The Morgan fingerprint density at radius 3 is 2.33 bits per heavy atom. The Morgan fingerprint density at radius 2 is 1.89 bits per heavy atom. The summed E-state index contributed by atoms with van der Waals surface area (Å²) < 4.78 is 5.40. The second kappa shape index (κ2) is 3.88. The van der Waals surface area contributed by atoms with Gasteiger partial charge >= 0.3 is 6.09 Å². The van der Waals surface area contributed by atoms with Gasteiger partial charge in [0, 0.05) is 6.04 Å². The van der Waals surface area contributed by atoms with Crippen LogP contribution in [0.25, 0.3) is 0 Å². The summed E-state index contributed by atoms with van der Waals surface area (Å²) in [5, 5.41) is 3.14. The van der Waals surface area contributed by atoms with Gasteiger partial charge in [0.15, 0.2) is 0 Å². The minimum atomic E-state index is -0.424. The first kappa shape index (κ1) is 13.7. The van der Waals surface area contributed by atoms with Gasteiger partial charge in [-0.2, -0.15) is 0 Å². The van der Waals surface area contributed by atoms with E-state index in [0.29, 0.717) is 0 Å². The first-order valence-corrected chi connectivity index (χ1v) is 7.04. The fourth-order valence-corrected chi connectivity index (χ4v) is 4.09. The van der Waals surface area contributed by atoms with E-state index in [9.17, 15) is 4.79 Å². The summed E-state index contributed by atoms with van der Waals surface area (Å²) in [6.45, 7) is 12.6. The van der Waals surface area contributed by atoms with Crippen molar-refractivity contribution >= 4 is 6.09 Å². The van der Waals surface area contributed by atoms with Gasteiger partial charge in [-0.15, -0.1) is 0 Å². The second-order valence-electron chi connectivity index (χ2n) is 7.99. The average molecular weight is 253 g/mol. The quantitative estimate of drug-likeness (QED) is 0.773. The maximum atomic E-state index is 12.0. The summed E-state index contributed by atoms with van der Waals surface area (Å²) in [6.07, 6.45) is 3.49. The summed E-state index contributed by atoms with van der Waals surface area (Å²) >= 11 is 0. The molecule has 104 valence electrons. The van der Waals surface area contributed by atoms with Crippen LogP contribution in [0.15, 0.2) is 0 Å². The highest BCUT2D eigenvalue weighted by atomic mass is 16.6. The Kier molecular flexibility index (Phi) is 2.95. The van der Waals surface area contributed by atoms with Crippen molar-refractivity contribution in [2.45, 2.75) is 72.4 Å². The predicted molar refractivity (Wildman–Crippen MR) is 72.4 cm³/mol. The second-order valence-corrected chi connectivity index (χ2v) is 7.99. The Morgan fingerprint density at radius 1 is 1.28 bits per heavy atom. The largest absolute Gasteiger partial charge is 0.444 e. The smallest absolute Gasteiger partial charge is 0.407 e. The van der Waals surface area contributed by atoms with Gasteiger partial charge in [-0.25, -0.2) is 4.79 Å². The Bertz CT molecular complexity index is 351. The summed E-state index contributed by atoms with van der Waals surface area (Å²) in [5.74, 6) is 0.738. The number of amides is 1. The van der Waals surface area contributed by atoms with E-state index in [1.54, 1.807) is 0 Å². The number of carbonyl (C=O) groups is 1. The number of alkyl carbamates (subject to hydrolysis) is 1. The predicted octanol–water partition coefficient (Wildman–Crippen LogP) is 3.73. The van der Waals surface area contributed by atoms with Gasteiger partial charge in [-0.1, -0.05) is 20.8 Å². The molecule has 3 nitrogen and oxygen atoms in total. The molecule has 0 heterocycles. The van der Waals surface area contributed by atoms with E-state index in [4.69, 9.17) is 4.74 Å². The van der Waals surface area contributed by atoms with E-state index >= 15 is 0 Å². The Labute approximate surface area is 111 Å². The van der Waals surface area contributed by atoms with Gasteiger partial charge < -0.3 is 10.1 Å². The zero-order valence-electron chi connectivity index (χ0n) is 12.6. The van der Waals surface area contributed by atoms with Gasteiger partial charge in [0.05, 0.1) is 0 Å². The Hall–Kier alpha value is -0.730. The normalized spacial score (nSPS) is 37.7. The molecule has 0 aromatic heterocycles. The molecule has 3 heteroatoms. The zero-order chi connectivity index (χ0) is 13.8. The molecule has 1 amide bonds. The summed E-state index contributed by atoms with van der Waals surface area (Å²) in [4.78, 5) is 12.0. The van der Waals surface area contributed by atoms with Crippen LogP contribution in [-0.4, -0.2) is 17.7 Å². The molecule has 0 aliphatic heterocycles. The van der Waals surface area contributed by atoms with Crippen LogP contribution < -0.4 is 5.32 Å². The van der Waals surface area contributed by atoms with Crippen LogP contribution >= 0.6 is 0 Å². The SMILES string of the molecule is CC(C)(C)OC(=O)NC1C2(C)CCC(C2)C1(C)C. The lowest BCUT2D eigenvalue weighted by Gasteiger charge is -2.43. The van der Waals surface area contributed by atoms with E-state index in [2.05, 4.69) is 26.1 Å². The number of nitrogens with one attached hydrogen (secondary N) is 1. The monoisotopic (exact) mass is 253 g/mol. The highest BCUT2D eigenvalue weighted by Crippen LogP contribution is 2.62. The highest BCUT2D eigenvalue weighted by molar-refractivity contribution is 5.68. The first-order chi connectivity index (χ1) is 8.05. The van der Waals surface area contributed by atoms with E-state index in [1.807, 2.05) is 20.8 Å². The molecule has 0 radical (unpaired) electrons. The summed E-state index contributed by atoms with van der Waals surface area (Å²) in [6, 6.07) is 0.235. The maximum absolute atomic E-state index is 12.0. The molecule has 1 N–H and O–H groups in total. The molecule has 2 rings (SSSR count). The first-order valence-electron chi connectivity index (χ1n) is 7.04. The van der Waals surface area contributed by atoms with Crippen LogP contribution in [0.2, 0.25) is 0 Å². The van der Waals surface area contributed by atoms with Crippen molar-refractivity contribution in [3.63, 3.8) is 0 Å². The molecule has 0 spiro atoms. The Balaban J connectivity index is 2.07. The van der Waals surface area contributed by atoms with Crippen molar-refractivity contribution in [2.75, 3.05) is 0 Å². The topological polar surface area (TPSA) is 38.3 Å². The lowest BCUT2D eigenvalue weighted by Crippen LogP contribution is -2.53. The fourth-order valence-electron chi connectivity index (χ4n) is 4.09. The van der Waals surface area contributed by atoms with Crippen molar-refractivity contribution in [1.29, 1.82) is 0 Å². The zero-order valence-corrected chi connectivity index (χ0v) is 12.6. The molecule has 2 aliphatic rings.